The van der Waals surface area contributed by atoms with Crippen LogP contribution in [0.4, 0.5) is 0 Å². The maximum atomic E-state index is 13.3. The van der Waals surface area contributed by atoms with E-state index in [4.69, 9.17) is 8.83 Å². The molecule has 0 amide bonds. The van der Waals surface area contributed by atoms with Crippen LogP contribution in [0.1, 0.15) is 25.0 Å². The van der Waals surface area contributed by atoms with E-state index >= 15 is 0 Å². The summed E-state index contributed by atoms with van der Waals surface area (Å²) in [5.74, 6) is 0. The Kier molecular flexibility index (Phi) is 5.22. The lowest BCUT2D eigenvalue weighted by Crippen LogP contribution is -2.15. The average Bonchev–Trinajstić information content (AvgIpc) is 3.30. The van der Waals surface area contributed by atoms with Crippen LogP contribution >= 0.6 is 0 Å². The summed E-state index contributed by atoms with van der Waals surface area (Å²) in [6, 6.07) is 39.6. The molecule has 2 aromatic heterocycles. The topological polar surface area (TPSA) is 60.4 Å². The van der Waals surface area contributed by atoms with Crippen LogP contribution in [0.5, 0.6) is 0 Å². The number of fused-ring (bicyclic) bond motifs is 7. The highest BCUT2D eigenvalue weighted by molar-refractivity contribution is 5.95. The van der Waals surface area contributed by atoms with E-state index < -0.39 is 0 Å². The van der Waals surface area contributed by atoms with Crippen LogP contribution in [0.3, 0.4) is 0 Å². The van der Waals surface area contributed by atoms with Gasteiger partial charge in [0.1, 0.15) is 22.3 Å². The van der Waals surface area contributed by atoms with E-state index in [-0.39, 0.29) is 16.3 Å². The van der Waals surface area contributed by atoms with Crippen LogP contribution in [-0.4, -0.2) is 0 Å². The standard InChI is InChI=1S/C41H26O4/c1-41(2)33-16-12-23(24-13-17-37-31(20-24)39(42)28-7-3-5-9-35(28)44-37)19-30(33)27-15-11-26(22-34(27)41)25-14-18-38-32(21-25)40(43)29-8-4-6-10-36(29)45-38/h3-22H,1-2H3. The third-order valence-corrected chi connectivity index (χ3v) is 9.49. The molecule has 8 aromatic rings. The van der Waals surface area contributed by atoms with Gasteiger partial charge in [-0.15, -0.1) is 0 Å². The highest BCUT2D eigenvalue weighted by Gasteiger charge is 2.35. The van der Waals surface area contributed by atoms with Crippen LogP contribution < -0.4 is 10.9 Å². The zero-order valence-electron chi connectivity index (χ0n) is 24.7. The van der Waals surface area contributed by atoms with Crippen LogP contribution in [0.2, 0.25) is 0 Å². The van der Waals surface area contributed by atoms with Gasteiger partial charge in [0.05, 0.1) is 21.5 Å². The largest absolute Gasteiger partial charge is 0.456 e. The van der Waals surface area contributed by atoms with Crippen molar-refractivity contribution in [1.29, 1.82) is 0 Å². The molecule has 0 bridgehead atoms. The molecule has 0 saturated heterocycles. The van der Waals surface area contributed by atoms with Gasteiger partial charge in [0.25, 0.3) is 0 Å². The Morgan fingerprint density at radius 2 is 0.889 bits per heavy atom. The maximum absolute atomic E-state index is 13.3. The number of benzene rings is 6. The quantitative estimate of drug-likeness (QED) is 0.190. The molecule has 0 atom stereocenters. The van der Waals surface area contributed by atoms with Gasteiger partial charge in [-0.3, -0.25) is 9.59 Å². The summed E-state index contributed by atoms with van der Waals surface area (Å²) in [5.41, 5.74) is 11.0. The molecular weight excluding hydrogens is 556 g/mol. The fourth-order valence-electron chi connectivity index (χ4n) is 7.08. The van der Waals surface area contributed by atoms with E-state index in [0.717, 1.165) is 22.3 Å². The van der Waals surface area contributed by atoms with Gasteiger partial charge in [-0.05, 0) is 105 Å². The van der Waals surface area contributed by atoms with Gasteiger partial charge in [-0.2, -0.15) is 0 Å². The number of hydrogen-bond donors (Lipinski definition) is 0. The normalized spacial score (nSPS) is 13.5. The van der Waals surface area contributed by atoms with E-state index in [1.54, 1.807) is 0 Å². The SMILES string of the molecule is CC1(C)c2ccc(-c3ccc4oc5ccccc5c(=O)c4c3)cc2-c2ccc(-c3ccc4oc5ccccc5c(=O)c4c3)cc21. The van der Waals surface area contributed by atoms with Gasteiger partial charge in [0, 0.05) is 5.41 Å². The van der Waals surface area contributed by atoms with Gasteiger partial charge in [0.2, 0.25) is 10.9 Å². The second-order valence-corrected chi connectivity index (χ2v) is 12.4. The average molecular weight is 583 g/mol. The molecule has 1 aliphatic carbocycles. The highest BCUT2D eigenvalue weighted by atomic mass is 16.3. The van der Waals surface area contributed by atoms with Crippen molar-refractivity contribution in [1.82, 2.24) is 0 Å². The Balaban J connectivity index is 1.15. The second kappa shape index (κ2) is 9.13. The van der Waals surface area contributed by atoms with Crippen molar-refractivity contribution in [2.45, 2.75) is 19.3 Å². The molecule has 9 rings (SSSR count). The van der Waals surface area contributed by atoms with Crippen molar-refractivity contribution in [3.8, 4) is 33.4 Å². The van der Waals surface area contributed by atoms with E-state index in [1.807, 2.05) is 84.9 Å². The van der Waals surface area contributed by atoms with E-state index in [2.05, 4.69) is 50.2 Å². The third kappa shape index (κ3) is 3.72. The molecule has 4 nitrogen and oxygen atoms in total. The minimum Gasteiger partial charge on any atom is -0.456 e. The first-order chi connectivity index (χ1) is 21.9. The molecule has 0 fully saturated rings. The summed E-state index contributed by atoms with van der Waals surface area (Å²) in [5, 5.41) is 2.33. The van der Waals surface area contributed by atoms with E-state index in [0.29, 0.717) is 43.9 Å². The predicted octanol–water partition coefficient (Wildman–Crippen LogP) is 9.85. The zero-order valence-corrected chi connectivity index (χ0v) is 24.7. The first kappa shape index (κ1) is 25.7. The molecule has 1 aliphatic rings. The lowest BCUT2D eigenvalue weighted by Gasteiger charge is -2.22. The molecule has 0 N–H and O–H groups in total. The monoisotopic (exact) mass is 582 g/mol. The van der Waals surface area contributed by atoms with Crippen molar-refractivity contribution >= 4 is 43.9 Å². The van der Waals surface area contributed by atoms with E-state index in [1.165, 1.54) is 22.3 Å². The third-order valence-electron chi connectivity index (χ3n) is 9.49. The predicted molar refractivity (Wildman–Crippen MR) is 182 cm³/mol. The first-order valence-corrected chi connectivity index (χ1v) is 15.1. The Morgan fingerprint density at radius 1 is 0.422 bits per heavy atom. The smallest absolute Gasteiger partial charge is 0.200 e. The van der Waals surface area contributed by atoms with Crippen molar-refractivity contribution in [2.75, 3.05) is 0 Å². The van der Waals surface area contributed by atoms with Gasteiger partial charge < -0.3 is 8.83 Å². The molecule has 6 aromatic carbocycles. The van der Waals surface area contributed by atoms with Crippen molar-refractivity contribution in [2.24, 2.45) is 0 Å². The minimum atomic E-state index is -0.214. The Hall–Kier alpha value is -5.74. The molecule has 0 spiro atoms. The summed E-state index contributed by atoms with van der Waals surface area (Å²) in [7, 11) is 0. The van der Waals surface area contributed by atoms with Crippen LogP contribution in [0.25, 0.3) is 77.3 Å². The summed E-state index contributed by atoms with van der Waals surface area (Å²) in [6.45, 7) is 4.52. The molecule has 4 heteroatoms. The zero-order chi connectivity index (χ0) is 30.4. The van der Waals surface area contributed by atoms with Crippen LogP contribution in [-0.2, 0) is 5.41 Å². The molecular formula is C41H26O4. The fraction of sp³-hybridized carbons (Fsp3) is 0.0732. The summed E-state index contributed by atoms with van der Waals surface area (Å²) < 4.78 is 12.1. The van der Waals surface area contributed by atoms with Crippen LogP contribution in [0.15, 0.2) is 140 Å². The lowest BCUT2D eigenvalue weighted by molar-refractivity contribution is 0.659. The van der Waals surface area contributed by atoms with Gasteiger partial charge in [-0.1, -0.05) is 74.5 Å². The van der Waals surface area contributed by atoms with Crippen molar-refractivity contribution < 1.29 is 8.83 Å². The molecule has 0 saturated carbocycles. The van der Waals surface area contributed by atoms with Gasteiger partial charge >= 0.3 is 0 Å². The van der Waals surface area contributed by atoms with Gasteiger partial charge in [0.15, 0.2) is 0 Å². The maximum Gasteiger partial charge on any atom is 0.200 e. The molecule has 0 aliphatic heterocycles. The van der Waals surface area contributed by atoms with E-state index in [9.17, 15) is 9.59 Å². The number of hydrogen-bond acceptors (Lipinski definition) is 4. The Bertz CT molecular complexity index is 2670. The number of rotatable bonds is 2. The minimum absolute atomic E-state index is 0.0187. The van der Waals surface area contributed by atoms with Crippen LogP contribution in [0, 0.1) is 0 Å². The van der Waals surface area contributed by atoms with Gasteiger partial charge in [-0.25, -0.2) is 0 Å². The molecule has 0 unspecified atom stereocenters. The molecule has 45 heavy (non-hydrogen) atoms. The fourth-order valence-corrected chi connectivity index (χ4v) is 7.08. The number of para-hydroxylation sites is 2. The molecule has 214 valence electrons. The summed E-state index contributed by atoms with van der Waals surface area (Å²) in [4.78, 5) is 26.6. The Morgan fingerprint density at radius 3 is 1.49 bits per heavy atom. The molecule has 2 heterocycles. The van der Waals surface area contributed by atoms with Crippen molar-refractivity contribution in [3.05, 3.63) is 153 Å². The highest BCUT2D eigenvalue weighted by Crippen LogP contribution is 2.50. The first-order valence-electron chi connectivity index (χ1n) is 15.1. The summed E-state index contributed by atoms with van der Waals surface area (Å²) >= 11 is 0. The summed E-state index contributed by atoms with van der Waals surface area (Å²) in [6.07, 6.45) is 0. The Labute approximate surface area is 257 Å². The second-order valence-electron chi connectivity index (χ2n) is 12.4. The molecule has 0 radical (unpaired) electrons. The lowest BCUT2D eigenvalue weighted by atomic mass is 9.81. The van der Waals surface area contributed by atoms with Crippen molar-refractivity contribution in [3.63, 3.8) is 0 Å².